The summed E-state index contributed by atoms with van der Waals surface area (Å²) in [5.41, 5.74) is 0.560. The summed E-state index contributed by atoms with van der Waals surface area (Å²) in [6.45, 7) is 7.94. The summed E-state index contributed by atoms with van der Waals surface area (Å²) in [4.78, 5) is 9.25. The number of nitriles is 1. The van der Waals surface area contributed by atoms with Crippen molar-refractivity contribution < 1.29 is 9.90 Å². The van der Waals surface area contributed by atoms with E-state index >= 15 is 0 Å². The smallest absolute Gasteiger partial charge is 0.327 e. The molecule has 0 saturated carbocycles. The summed E-state index contributed by atoms with van der Waals surface area (Å²) >= 11 is 0. The number of hydrogen-bond acceptors (Lipinski definition) is 2. The van der Waals surface area contributed by atoms with Crippen molar-refractivity contribution in [3.05, 3.63) is 24.8 Å². The first-order valence-corrected chi connectivity index (χ1v) is 2.45. The molecule has 0 atom stereocenters. The molecule has 0 amide bonds. The van der Waals surface area contributed by atoms with Crippen LogP contribution in [0, 0.1) is 11.3 Å². The summed E-state index contributed by atoms with van der Waals surface area (Å²) in [5, 5.41) is 15.4. The van der Waals surface area contributed by atoms with Crippen LogP contribution in [0.3, 0.4) is 0 Å². The molecule has 0 aliphatic carbocycles. The van der Waals surface area contributed by atoms with E-state index in [0.29, 0.717) is 5.57 Å². The van der Waals surface area contributed by atoms with Crippen molar-refractivity contribution in [2.75, 3.05) is 0 Å². The summed E-state index contributed by atoms with van der Waals surface area (Å²) < 4.78 is 0. The predicted octanol–water partition coefficient (Wildman–Crippen LogP) is 1.34. The van der Waals surface area contributed by atoms with Gasteiger partial charge in [0.2, 0.25) is 0 Å². The van der Waals surface area contributed by atoms with E-state index < -0.39 is 5.97 Å². The minimum absolute atomic E-state index is 0.560. The number of rotatable bonds is 1. The van der Waals surface area contributed by atoms with E-state index in [4.69, 9.17) is 10.4 Å². The summed E-state index contributed by atoms with van der Waals surface area (Å²) in [6.07, 6.45) is 0.833. The normalized spacial score (nSPS) is 6.00. The van der Waals surface area contributed by atoms with Crippen LogP contribution >= 0.6 is 0 Å². The molecule has 10 heavy (non-hydrogen) atoms. The van der Waals surface area contributed by atoms with Gasteiger partial charge in [0.05, 0.1) is 6.07 Å². The van der Waals surface area contributed by atoms with Crippen molar-refractivity contribution in [2.24, 2.45) is 0 Å². The van der Waals surface area contributed by atoms with Gasteiger partial charge in [-0.1, -0.05) is 13.2 Å². The second-order valence-corrected chi connectivity index (χ2v) is 1.43. The Morgan fingerprint density at radius 2 is 2.00 bits per heavy atom. The van der Waals surface area contributed by atoms with Gasteiger partial charge < -0.3 is 5.11 Å². The fourth-order valence-corrected chi connectivity index (χ4v) is 0. The van der Waals surface area contributed by atoms with Crippen LogP contribution in [0.2, 0.25) is 0 Å². The second-order valence-electron chi connectivity index (χ2n) is 1.43. The molecule has 0 bridgehead atoms. The third-order valence-electron chi connectivity index (χ3n) is 0.365. The van der Waals surface area contributed by atoms with E-state index in [-0.39, 0.29) is 0 Å². The van der Waals surface area contributed by atoms with Crippen LogP contribution in [0.15, 0.2) is 24.8 Å². The topological polar surface area (TPSA) is 61.1 Å². The van der Waals surface area contributed by atoms with Gasteiger partial charge in [-0.2, -0.15) is 5.26 Å². The second kappa shape index (κ2) is 7.44. The van der Waals surface area contributed by atoms with Gasteiger partial charge in [-0.15, -0.1) is 0 Å². The van der Waals surface area contributed by atoms with Crippen LogP contribution in [-0.4, -0.2) is 11.1 Å². The highest BCUT2D eigenvalue weighted by Gasteiger charge is 1.73. The lowest BCUT2D eigenvalue weighted by molar-refractivity contribution is -0.131. The molecule has 3 nitrogen and oxygen atoms in total. The Kier molecular flexibility index (Phi) is 8.38. The van der Waals surface area contributed by atoms with E-state index in [1.165, 1.54) is 0 Å². The molecule has 0 aliphatic rings. The summed E-state index contributed by atoms with van der Waals surface area (Å²) in [5.74, 6) is -0.981. The van der Waals surface area contributed by atoms with E-state index in [0.717, 1.165) is 6.08 Å². The van der Waals surface area contributed by atoms with E-state index in [9.17, 15) is 4.79 Å². The minimum atomic E-state index is -0.981. The zero-order valence-corrected chi connectivity index (χ0v) is 5.79. The van der Waals surface area contributed by atoms with Gasteiger partial charge in [-0.25, -0.2) is 4.79 Å². The van der Waals surface area contributed by atoms with Crippen molar-refractivity contribution in [3.63, 3.8) is 0 Å². The van der Waals surface area contributed by atoms with Gasteiger partial charge >= 0.3 is 5.97 Å². The van der Waals surface area contributed by atoms with Crippen molar-refractivity contribution in [1.29, 1.82) is 5.26 Å². The number of nitrogens with zero attached hydrogens (tertiary/aromatic N) is 1. The van der Waals surface area contributed by atoms with Crippen LogP contribution in [0.4, 0.5) is 0 Å². The van der Waals surface area contributed by atoms with E-state index in [2.05, 4.69) is 13.2 Å². The molecule has 0 rings (SSSR count). The molecule has 1 N–H and O–H groups in total. The Hall–Kier alpha value is -1.56. The first-order valence-electron chi connectivity index (χ1n) is 2.45. The largest absolute Gasteiger partial charge is 0.478 e. The zero-order valence-electron chi connectivity index (χ0n) is 5.79. The summed E-state index contributed by atoms with van der Waals surface area (Å²) in [6, 6.07) is 1.83. The lowest BCUT2D eigenvalue weighted by Gasteiger charge is -1.64. The molecule has 3 heteroatoms. The van der Waals surface area contributed by atoms with Crippen LogP contribution in [0.5, 0.6) is 0 Å². The first kappa shape index (κ1) is 11.3. The molecule has 0 spiro atoms. The molecule has 0 unspecified atom stereocenters. The highest BCUT2D eigenvalue weighted by Crippen LogP contribution is 1.74. The molecule has 0 aromatic heterocycles. The number of carboxylic acid groups (broad SMARTS) is 1. The van der Waals surface area contributed by atoms with Gasteiger partial charge in [-0.3, -0.25) is 0 Å². The maximum Gasteiger partial charge on any atom is 0.327 e. The Bertz CT molecular complexity index is 177. The van der Waals surface area contributed by atoms with Gasteiger partial charge in [0.15, 0.2) is 0 Å². The average Bonchev–Trinajstić information content (AvgIpc) is 1.89. The zero-order chi connectivity index (χ0) is 8.57. The highest BCUT2D eigenvalue weighted by molar-refractivity contribution is 5.78. The van der Waals surface area contributed by atoms with Gasteiger partial charge in [0.1, 0.15) is 0 Å². The lowest BCUT2D eigenvalue weighted by atomic mass is 10.4. The molecule has 0 radical (unpaired) electrons. The molecule has 0 saturated heterocycles. The van der Waals surface area contributed by atoms with Gasteiger partial charge in [0, 0.05) is 11.6 Å². The molecule has 0 aliphatic heterocycles. The lowest BCUT2D eigenvalue weighted by Crippen LogP contribution is -1.82. The average molecular weight is 139 g/mol. The molecular weight excluding hydrogens is 130 g/mol. The Balaban J connectivity index is 0. The number of hydrogen-bond donors (Lipinski definition) is 1. The molecule has 0 aromatic rings. The Morgan fingerprint density at radius 3 is 2.00 bits per heavy atom. The number of aliphatic carboxylic acids is 1. The van der Waals surface area contributed by atoms with E-state index in [1.807, 2.05) is 6.07 Å². The Morgan fingerprint density at radius 1 is 1.80 bits per heavy atom. The van der Waals surface area contributed by atoms with Gasteiger partial charge in [0.25, 0.3) is 0 Å². The molecular formula is C7H9NO2. The quantitative estimate of drug-likeness (QED) is 0.440. The van der Waals surface area contributed by atoms with Crippen LogP contribution in [-0.2, 0) is 4.79 Å². The maximum absolute atomic E-state index is 9.25. The Labute approximate surface area is 59.9 Å². The van der Waals surface area contributed by atoms with Gasteiger partial charge in [-0.05, 0) is 6.92 Å². The standard InChI is InChI=1S/C4H5N.C3H4O2/c1-4(2)3-5;1-2-3(4)5/h1H2,2H3;2H,1H2,(H,4,5). The SMILES string of the molecule is C=C(C)C#N.C=CC(=O)O. The van der Waals surface area contributed by atoms with Crippen LogP contribution < -0.4 is 0 Å². The number of allylic oxidation sites excluding steroid dienone is 1. The number of carboxylic acids is 1. The van der Waals surface area contributed by atoms with Crippen molar-refractivity contribution >= 4 is 5.97 Å². The molecule has 0 aromatic carbocycles. The highest BCUT2D eigenvalue weighted by atomic mass is 16.4. The molecule has 0 fully saturated rings. The third-order valence-corrected chi connectivity index (χ3v) is 0.365. The molecule has 0 heterocycles. The first-order chi connectivity index (χ1) is 4.54. The fourth-order valence-electron chi connectivity index (χ4n) is 0. The summed E-state index contributed by atoms with van der Waals surface area (Å²) in [7, 11) is 0. The van der Waals surface area contributed by atoms with Crippen molar-refractivity contribution in [1.82, 2.24) is 0 Å². The maximum atomic E-state index is 9.25. The monoisotopic (exact) mass is 139 g/mol. The van der Waals surface area contributed by atoms with Crippen molar-refractivity contribution in [2.45, 2.75) is 6.92 Å². The van der Waals surface area contributed by atoms with E-state index in [1.54, 1.807) is 6.92 Å². The van der Waals surface area contributed by atoms with Crippen molar-refractivity contribution in [3.8, 4) is 6.07 Å². The molecule has 54 valence electrons. The number of carbonyl (C=O) groups is 1. The van der Waals surface area contributed by atoms with Crippen LogP contribution in [0.1, 0.15) is 6.92 Å². The minimum Gasteiger partial charge on any atom is -0.478 e. The fraction of sp³-hybridized carbons (Fsp3) is 0.143. The predicted molar refractivity (Wildman–Crippen MR) is 38.3 cm³/mol. The van der Waals surface area contributed by atoms with Crippen LogP contribution in [0.25, 0.3) is 0 Å². The third kappa shape index (κ3) is 32.0.